The number of nitrogens with zero attached hydrogens (tertiary/aromatic N) is 1. The predicted octanol–water partition coefficient (Wildman–Crippen LogP) is 1.75. The van der Waals surface area contributed by atoms with E-state index in [1.54, 1.807) is 31.2 Å². The molecule has 0 spiro atoms. The first-order valence-corrected chi connectivity index (χ1v) is 5.46. The molecule has 0 amide bonds. The van der Waals surface area contributed by atoms with Gasteiger partial charge in [-0.1, -0.05) is 17.3 Å². The van der Waals surface area contributed by atoms with Gasteiger partial charge in [-0.05, 0) is 31.0 Å². The fraction of sp³-hybridized carbons (Fsp3) is 0.385. The highest BCUT2D eigenvalue weighted by Crippen LogP contribution is 2.23. The van der Waals surface area contributed by atoms with Gasteiger partial charge < -0.3 is 14.7 Å². The molecule has 0 saturated heterocycles. The van der Waals surface area contributed by atoms with Crippen molar-refractivity contribution in [2.45, 2.75) is 13.3 Å². The Bertz CT molecular complexity index is 427. The Morgan fingerprint density at radius 1 is 1.39 bits per heavy atom. The molecule has 1 atom stereocenters. The van der Waals surface area contributed by atoms with Gasteiger partial charge in [0.1, 0.15) is 18.3 Å². The lowest BCUT2D eigenvalue weighted by Crippen LogP contribution is -2.33. The number of oxime groups is 1. The van der Waals surface area contributed by atoms with E-state index in [1.807, 2.05) is 0 Å². The van der Waals surface area contributed by atoms with Crippen molar-refractivity contribution in [2.24, 2.45) is 10.6 Å². The van der Waals surface area contributed by atoms with Crippen molar-refractivity contribution in [3.63, 3.8) is 0 Å². The van der Waals surface area contributed by atoms with Gasteiger partial charge in [0, 0.05) is 0 Å². The molecule has 0 saturated carbocycles. The molecule has 0 radical (unpaired) electrons. The monoisotopic (exact) mass is 251 g/mol. The molecule has 0 aliphatic heterocycles. The van der Waals surface area contributed by atoms with E-state index in [9.17, 15) is 9.90 Å². The number of phenolic OH excluding ortho intramolecular Hbond substituents is 1. The summed E-state index contributed by atoms with van der Waals surface area (Å²) in [5, 5.41) is 12.9. The van der Waals surface area contributed by atoms with E-state index in [1.165, 1.54) is 20.4 Å². The van der Waals surface area contributed by atoms with E-state index in [2.05, 4.69) is 9.99 Å². The summed E-state index contributed by atoms with van der Waals surface area (Å²) in [4.78, 5) is 16.4. The standard InChI is InChI=1S/C13H17NO4/c1-13(9-14-18-3,12(16)17-2)8-10-4-6-11(15)7-5-10/h4-7,9,15H,8H2,1-3H3. The summed E-state index contributed by atoms with van der Waals surface area (Å²) in [6.07, 6.45) is 1.83. The molecule has 0 aliphatic carbocycles. The average molecular weight is 251 g/mol. The number of benzene rings is 1. The minimum atomic E-state index is -0.901. The maximum absolute atomic E-state index is 11.8. The molecule has 0 aromatic heterocycles. The van der Waals surface area contributed by atoms with Crippen LogP contribution in [0.4, 0.5) is 0 Å². The van der Waals surface area contributed by atoms with Gasteiger partial charge in [-0.2, -0.15) is 0 Å². The summed E-state index contributed by atoms with van der Waals surface area (Å²) in [5.74, 6) is -0.208. The molecule has 1 unspecified atom stereocenters. The number of methoxy groups -OCH3 is 1. The molecule has 0 heterocycles. The lowest BCUT2D eigenvalue weighted by molar-refractivity contribution is -0.147. The minimum Gasteiger partial charge on any atom is -0.508 e. The van der Waals surface area contributed by atoms with Gasteiger partial charge in [-0.15, -0.1) is 0 Å². The summed E-state index contributed by atoms with van der Waals surface area (Å²) in [5.41, 5.74) is -0.00916. The van der Waals surface area contributed by atoms with E-state index in [4.69, 9.17) is 4.74 Å². The third-order valence-electron chi connectivity index (χ3n) is 2.60. The molecule has 1 aromatic rings. The van der Waals surface area contributed by atoms with Crippen LogP contribution in [0.15, 0.2) is 29.4 Å². The molecule has 0 aliphatic rings. The number of carbonyl (C=O) groups excluding carboxylic acids is 1. The molecule has 1 rings (SSSR count). The normalized spacial score (nSPS) is 14.2. The van der Waals surface area contributed by atoms with Gasteiger partial charge in [0.05, 0.1) is 13.3 Å². The SMILES string of the molecule is CON=CC(C)(Cc1ccc(O)cc1)C(=O)OC. The van der Waals surface area contributed by atoms with E-state index in [0.717, 1.165) is 5.56 Å². The van der Waals surface area contributed by atoms with E-state index >= 15 is 0 Å². The average Bonchev–Trinajstić information content (AvgIpc) is 2.38. The van der Waals surface area contributed by atoms with Crippen molar-refractivity contribution < 1.29 is 19.5 Å². The van der Waals surface area contributed by atoms with E-state index in [-0.39, 0.29) is 5.75 Å². The summed E-state index contributed by atoms with van der Waals surface area (Å²) >= 11 is 0. The van der Waals surface area contributed by atoms with Crippen LogP contribution in [0.25, 0.3) is 0 Å². The number of aromatic hydroxyl groups is 1. The molecule has 0 fully saturated rings. The first-order chi connectivity index (χ1) is 8.51. The lowest BCUT2D eigenvalue weighted by atomic mass is 9.85. The lowest BCUT2D eigenvalue weighted by Gasteiger charge is -2.21. The molecule has 0 bridgehead atoms. The van der Waals surface area contributed by atoms with Crippen molar-refractivity contribution in [1.82, 2.24) is 0 Å². The van der Waals surface area contributed by atoms with E-state index in [0.29, 0.717) is 6.42 Å². The van der Waals surface area contributed by atoms with Crippen LogP contribution in [0.3, 0.4) is 0 Å². The van der Waals surface area contributed by atoms with Crippen LogP contribution in [0.5, 0.6) is 5.75 Å². The van der Waals surface area contributed by atoms with Crippen LogP contribution in [-0.4, -0.2) is 31.5 Å². The van der Waals surface area contributed by atoms with Gasteiger partial charge in [0.2, 0.25) is 0 Å². The number of carbonyl (C=O) groups is 1. The van der Waals surface area contributed by atoms with Crippen LogP contribution in [0, 0.1) is 5.41 Å². The van der Waals surface area contributed by atoms with Gasteiger partial charge in [-0.25, -0.2) is 0 Å². The Hall–Kier alpha value is -2.04. The molecule has 1 aromatic carbocycles. The highest BCUT2D eigenvalue weighted by atomic mass is 16.6. The van der Waals surface area contributed by atoms with Gasteiger partial charge in [0.15, 0.2) is 0 Å². The highest BCUT2D eigenvalue weighted by Gasteiger charge is 2.33. The predicted molar refractivity (Wildman–Crippen MR) is 67.4 cm³/mol. The van der Waals surface area contributed by atoms with Crippen LogP contribution < -0.4 is 0 Å². The number of ether oxygens (including phenoxy) is 1. The summed E-state index contributed by atoms with van der Waals surface area (Å²) in [6, 6.07) is 6.63. The molecule has 98 valence electrons. The van der Waals surface area contributed by atoms with Gasteiger partial charge in [-0.3, -0.25) is 4.79 Å². The third kappa shape index (κ3) is 3.48. The Morgan fingerprint density at radius 3 is 2.50 bits per heavy atom. The van der Waals surface area contributed by atoms with Gasteiger partial charge >= 0.3 is 5.97 Å². The summed E-state index contributed by atoms with van der Waals surface area (Å²) in [7, 11) is 2.74. The molecule has 18 heavy (non-hydrogen) atoms. The van der Waals surface area contributed by atoms with Crippen LogP contribution in [-0.2, 0) is 20.8 Å². The van der Waals surface area contributed by atoms with Crippen molar-refractivity contribution in [3.05, 3.63) is 29.8 Å². The second kappa shape index (κ2) is 6.05. The zero-order valence-electron chi connectivity index (χ0n) is 10.7. The van der Waals surface area contributed by atoms with Crippen molar-refractivity contribution >= 4 is 12.2 Å². The zero-order chi connectivity index (χ0) is 13.6. The van der Waals surface area contributed by atoms with Crippen LogP contribution in [0.2, 0.25) is 0 Å². The Kier molecular flexibility index (Phi) is 4.71. The fourth-order valence-electron chi connectivity index (χ4n) is 1.61. The highest BCUT2D eigenvalue weighted by molar-refractivity contribution is 5.94. The number of phenols is 1. The zero-order valence-corrected chi connectivity index (χ0v) is 10.7. The van der Waals surface area contributed by atoms with Crippen molar-refractivity contribution in [2.75, 3.05) is 14.2 Å². The first-order valence-electron chi connectivity index (χ1n) is 5.46. The van der Waals surface area contributed by atoms with Gasteiger partial charge in [0.25, 0.3) is 0 Å². The molecule has 5 heteroatoms. The summed E-state index contributed by atoms with van der Waals surface area (Å²) in [6.45, 7) is 1.72. The first kappa shape index (κ1) is 14.0. The van der Waals surface area contributed by atoms with Crippen molar-refractivity contribution in [1.29, 1.82) is 0 Å². The maximum atomic E-state index is 11.8. The second-order valence-electron chi connectivity index (χ2n) is 4.17. The number of hydrogen-bond acceptors (Lipinski definition) is 5. The maximum Gasteiger partial charge on any atom is 0.317 e. The summed E-state index contributed by atoms with van der Waals surface area (Å²) < 4.78 is 4.77. The Balaban J connectivity index is 2.94. The molecule has 1 N–H and O–H groups in total. The molecule has 5 nitrogen and oxygen atoms in total. The smallest absolute Gasteiger partial charge is 0.317 e. The van der Waals surface area contributed by atoms with Crippen LogP contribution in [0.1, 0.15) is 12.5 Å². The molecular weight excluding hydrogens is 234 g/mol. The quantitative estimate of drug-likeness (QED) is 0.492. The molecular formula is C13H17NO4. The second-order valence-corrected chi connectivity index (χ2v) is 4.17. The van der Waals surface area contributed by atoms with Crippen molar-refractivity contribution in [3.8, 4) is 5.75 Å². The third-order valence-corrected chi connectivity index (χ3v) is 2.60. The topological polar surface area (TPSA) is 68.1 Å². The largest absolute Gasteiger partial charge is 0.508 e. The fourth-order valence-corrected chi connectivity index (χ4v) is 1.61. The number of hydrogen-bond donors (Lipinski definition) is 1. The van der Waals surface area contributed by atoms with E-state index < -0.39 is 11.4 Å². The number of esters is 1. The number of rotatable bonds is 5. The Morgan fingerprint density at radius 2 is 2.00 bits per heavy atom. The Labute approximate surface area is 106 Å². The minimum absolute atomic E-state index is 0.184. The van der Waals surface area contributed by atoms with Crippen LogP contribution >= 0.6 is 0 Å².